The standard InChI is InChI=1S/C15H17N3O2/c1-18(10-11-6-8-12(19)9-7-11)14-5-3-2-4-13(14)15(16)17-20/h2-9,19-20H,10H2,1H3,(H2,16,17). The zero-order chi connectivity index (χ0) is 14.5. The third-order valence-electron chi connectivity index (χ3n) is 3.06. The van der Waals surface area contributed by atoms with E-state index in [0.717, 1.165) is 11.3 Å². The zero-order valence-corrected chi connectivity index (χ0v) is 11.2. The number of nitrogens with zero attached hydrogens (tertiary/aromatic N) is 2. The summed E-state index contributed by atoms with van der Waals surface area (Å²) in [6.07, 6.45) is 0. The fourth-order valence-electron chi connectivity index (χ4n) is 2.04. The van der Waals surface area contributed by atoms with Crippen molar-refractivity contribution in [1.82, 2.24) is 0 Å². The number of benzene rings is 2. The molecule has 5 heteroatoms. The van der Waals surface area contributed by atoms with Gasteiger partial charge in [-0.2, -0.15) is 0 Å². The molecule has 0 aromatic heterocycles. The first-order valence-corrected chi connectivity index (χ1v) is 6.18. The number of phenols is 1. The van der Waals surface area contributed by atoms with Gasteiger partial charge in [0.1, 0.15) is 5.75 Å². The van der Waals surface area contributed by atoms with Crippen molar-refractivity contribution in [1.29, 1.82) is 0 Å². The Morgan fingerprint density at radius 2 is 1.80 bits per heavy atom. The molecule has 4 N–H and O–H groups in total. The normalized spacial score (nSPS) is 11.3. The number of nitrogens with two attached hydrogens (primary N) is 1. The third kappa shape index (κ3) is 3.00. The fourth-order valence-corrected chi connectivity index (χ4v) is 2.04. The maximum absolute atomic E-state index is 9.28. The number of rotatable bonds is 4. The van der Waals surface area contributed by atoms with Crippen molar-refractivity contribution in [3.63, 3.8) is 0 Å². The number of amidine groups is 1. The molecule has 5 nitrogen and oxygen atoms in total. The third-order valence-corrected chi connectivity index (χ3v) is 3.06. The highest BCUT2D eigenvalue weighted by atomic mass is 16.4. The van der Waals surface area contributed by atoms with E-state index in [1.54, 1.807) is 18.2 Å². The number of hydrogen-bond donors (Lipinski definition) is 3. The second kappa shape index (κ2) is 5.97. The summed E-state index contributed by atoms with van der Waals surface area (Å²) in [5, 5.41) is 21.2. The number of anilines is 1. The molecule has 0 spiro atoms. The highest BCUT2D eigenvalue weighted by molar-refractivity contribution is 6.02. The van der Waals surface area contributed by atoms with Crippen LogP contribution in [0.2, 0.25) is 0 Å². The van der Waals surface area contributed by atoms with Crippen LogP contribution in [0.15, 0.2) is 53.7 Å². The molecule has 0 amide bonds. The Kier molecular flexibility index (Phi) is 4.10. The summed E-state index contributed by atoms with van der Waals surface area (Å²) >= 11 is 0. The lowest BCUT2D eigenvalue weighted by molar-refractivity contribution is 0.318. The smallest absolute Gasteiger partial charge is 0.172 e. The van der Waals surface area contributed by atoms with E-state index in [0.29, 0.717) is 12.1 Å². The molecule has 2 rings (SSSR count). The van der Waals surface area contributed by atoms with E-state index in [2.05, 4.69) is 5.16 Å². The van der Waals surface area contributed by atoms with Crippen molar-refractivity contribution in [2.75, 3.05) is 11.9 Å². The average Bonchev–Trinajstić information content (AvgIpc) is 2.48. The summed E-state index contributed by atoms with van der Waals surface area (Å²) in [6, 6.07) is 14.5. The van der Waals surface area contributed by atoms with Gasteiger partial charge in [0.25, 0.3) is 0 Å². The summed E-state index contributed by atoms with van der Waals surface area (Å²) in [5.74, 6) is 0.326. The second-order valence-corrected chi connectivity index (χ2v) is 4.52. The minimum absolute atomic E-state index is 0.0816. The summed E-state index contributed by atoms with van der Waals surface area (Å²) in [7, 11) is 1.93. The van der Waals surface area contributed by atoms with Crippen molar-refractivity contribution >= 4 is 11.5 Å². The second-order valence-electron chi connectivity index (χ2n) is 4.52. The number of para-hydroxylation sites is 1. The summed E-state index contributed by atoms with van der Waals surface area (Å²) in [6.45, 7) is 0.649. The molecular weight excluding hydrogens is 254 g/mol. The van der Waals surface area contributed by atoms with Crippen molar-refractivity contribution in [3.8, 4) is 5.75 Å². The van der Waals surface area contributed by atoms with Gasteiger partial charge in [-0.25, -0.2) is 0 Å². The lowest BCUT2D eigenvalue weighted by Crippen LogP contribution is -2.22. The molecular formula is C15H17N3O2. The lowest BCUT2D eigenvalue weighted by atomic mass is 10.1. The van der Waals surface area contributed by atoms with Gasteiger partial charge in [-0.3, -0.25) is 0 Å². The molecule has 0 aliphatic heterocycles. The Hall–Kier alpha value is -2.69. The van der Waals surface area contributed by atoms with Gasteiger partial charge in [-0.15, -0.1) is 0 Å². The van der Waals surface area contributed by atoms with Crippen molar-refractivity contribution in [2.24, 2.45) is 10.9 Å². The molecule has 0 fully saturated rings. The topological polar surface area (TPSA) is 82.1 Å². The minimum Gasteiger partial charge on any atom is -0.508 e. The molecule has 2 aromatic carbocycles. The molecule has 0 unspecified atom stereocenters. The van der Waals surface area contributed by atoms with E-state index in [4.69, 9.17) is 10.9 Å². The first kappa shape index (κ1) is 13.7. The molecule has 20 heavy (non-hydrogen) atoms. The number of aromatic hydroxyl groups is 1. The average molecular weight is 271 g/mol. The summed E-state index contributed by atoms with van der Waals surface area (Å²) in [5.41, 5.74) is 8.29. The number of hydrogen-bond acceptors (Lipinski definition) is 4. The molecule has 0 atom stereocenters. The van der Waals surface area contributed by atoms with Gasteiger partial charge in [-0.05, 0) is 29.8 Å². The van der Waals surface area contributed by atoms with E-state index < -0.39 is 0 Å². The molecule has 0 radical (unpaired) electrons. The monoisotopic (exact) mass is 271 g/mol. The Morgan fingerprint density at radius 3 is 2.45 bits per heavy atom. The van der Waals surface area contributed by atoms with E-state index in [1.807, 2.05) is 42.3 Å². The highest BCUT2D eigenvalue weighted by Gasteiger charge is 2.10. The quantitative estimate of drug-likeness (QED) is 0.344. The number of phenolic OH excluding ortho intramolecular Hbond substituents is 1. The Bertz CT molecular complexity index is 609. The van der Waals surface area contributed by atoms with Crippen LogP contribution in [0.25, 0.3) is 0 Å². The van der Waals surface area contributed by atoms with E-state index in [-0.39, 0.29) is 11.6 Å². The molecule has 0 saturated heterocycles. The predicted octanol–water partition coefficient (Wildman–Crippen LogP) is 2.12. The van der Waals surface area contributed by atoms with Crippen molar-refractivity contribution in [2.45, 2.75) is 6.54 Å². The van der Waals surface area contributed by atoms with Crippen molar-refractivity contribution in [3.05, 3.63) is 59.7 Å². The van der Waals surface area contributed by atoms with Crippen LogP contribution in [0, 0.1) is 0 Å². The molecule has 104 valence electrons. The van der Waals surface area contributed by atoms with Gasteiger partial charge in [-0.1, -0.05) is 29.4 Å². The van der Waals surface area contributed by atoms with Gasteiger partial charge in [0.15, 0.2) is 5.84 Å². The van der Waals surface area contributed by atoms with E-state index in [9.17, 15) is 5.11 Å². The molecule has 0 aliphatic rings. The van der Waals surface area contributed by atoms with Crippen LogP contribution < -0.4 is 10.6 Å². The Labute approximate surface area is 117 Å². The molecule has 0 bridgehead atoms. The largest absolute Gasteiger partial charge is 0.508 e. The van der Waals surface area contributed by atoms with Gasteiger partial charge in [0.05, 0.1) is 0 Å². The molecule has 2 aromatic rings. The van der Waals surface area contributed by atoms with Crippen LogP contribution in [0.1, 0.15) is 11.1 Å². The summed E-state index contributed by atoms with van der Waals surface area (Å²) < 4.78 is 0. The van der Waals surface area contributed by atoms with E-state index >= 15 is 0 Å². The van der Waals surface area contributed by atoms with Crippen LogP contribution in [0.3, 0.4) is 0 Å². The summed E-state index contributed by atoms with van der Waals surface area (Å²) in [4.78, 5) is 2.00. The predicted molar refractivity (Wildman–Crippen MR) is 79.2 cm³/mol. The minimum atomic E-state index is 0.0816. The molecule has 0 heterocycles. The van der Waals surface area contributed by atoms with Crippen molar-refractivity contribution < 1.29 is 10.3 Å². The first-order chi connectivity index (χ1) is 9.61. The Morgan fingerprint density at radius 1 is 1.15 bits per heavy atom. The SMILES string of the molecule is CN(Cc1ccc(O)cc1)c1ccccc1/C(N)=N/O. The number of oxime groups is 1. The molecule has 0 saturated carbocycles. The van der Waals surface area contributed by atoms with Gasteiger partial charge < -0.3 is 20.9 Å². The van der Waals surface area contributed by atoms with Crippen LogP contribution in [0.4, 0.5) is 5.69 Å². The van der Waals surface area contributed by atoms with Crippen LogP contribution >= 0.6 is 0 Å². The van der Waals surface area contributed by atoms with Gasteiger partial charge in [0.2, 0.25) is 0 Å². The van der Waals surface area contributed by atoms with Crippen LogP contribution in [-0.4, -0.2) is 23.2 Å². The van der Waals surface area contributed by atoms with E-state index in [1.165, 1.54) is 0 Å². The lowest BCUT2D eigenvalue weighted by Gasteiger charge is -2.22. The maximum Gasteiger partial charge on any atom is 0.172 e. The van der Waals surface area contributed by atoms with Gasteiger partial charge in [0, 0.05) is 24.8 Å². The van der Waals surface area contributed by atoms with Crippen LogP contribution in [-0.2, 0) is 6.54 Å². The van der Waals surface area contributed by atoms with Gasteiger partial charge >= 0.3 is 0 Å². The zero-order valence-electron chi connectivity index (χ0n) is 11.2. The van der Waals surface area contributed by atoms with Crippen LogP contribution in [0.5, 0.6) is 5.75 Å². The maximum atomic E-state index is 9.28. The first-order valence-electron chi connectivity index (χ1n) is 6.18. The highest BCUT2D eigenvalue weighted by Crippen LogP contribution is 2.21. The Balaban J connectivity index is 2.25. The fraction of sp³-hybridized carbons (Fsp3) is 0.133. The molecule has 0 aliphatic carbocycles.